The number of nitrogens with zero attached hydrogens (tertiary/aromatic N) is 2. The molecule has 0 spiro atoms. The predicted octanol–water partition coefficient (Wildman–Crippen LogP) is 6.00. The molecule has 4 aromatic rings. The highest BCUT2D eigenvalue weighted by molar-refractivity contribution is 5.84. The number of aromatic nitrogens is 2. The number of hydrogen-bond acceptors (Lipinski definition) is 4. The molecule has 1 N–H and O–H groups in total. The van der Waals surface area contributed by atoms with Crippen molar-refractivity contribution in [2.24, 2.45) is 0 Å². The largest absolute Gasteiger partial charge is 0.494 e. The number of benzene rings is 2. The maximum Gasteiger partial charge on any atom is 0.416 e. The van der Waals surface area contributed by atoms with Crippen LogP contribution in [0.3, 0.4) is 0 Å². The van der Waals surface area contributed by atoms with Gasteiger partial charge in [-0.1, -0.05) is 12.1 Å². The van der Waals surface area contributed by atoms with Crippen LogP contribution >= 0.6 is 0 Å². The highest BCUT2D eigenvalue weighted by Gasteiger charge is 2.29. The second-order valence-electron chi connectivity index (χ2n) is 7.32. The first-order valence-corrected chi connectivity index (χ1v) is 10.3. The summed E-state index contributed by atoms with van der Waals surface area (Å²) in [5.74, 6) is 0.762. The number of fused-ring (bicyclic) bond motifs is 1. The monoisotopic (exact) mass is 437 g/mol. The number of pyridine rings is 2. The highest BCUT2D eigenvalue weighted by Crippen LogP contribution is 2.30. The topological polar surface area (TPSA) is 47.0 Å². The van der Waals surface area contributed by atoms with Gasteiger partial charge in [-0.05, 0) is 60.5 Å². The van der Waals surface area contributed by atoms with Crippen LogP contribution in [0.5, 0.6) is 5.75 Å². The Kier molecular flexibility index (Phi) is 6.37. The molecule has 164 valence electrons. The van der Waals surface area contributed by atoms with E-state index in [1.54, 1.807) is 12.4 Å². The van der Waals surface area contributed by atoms with Gasteiger partial charge in [-0.15, -0.1) is 0 Å². The molecule has 0 radical (unpaired) electrons. The molecule has 4 nitrogen and oxygen atoms in total. The summed E-state index contributed by atoms with van der Waals surface area (Å²) in [6.45, 7) is 3.45. The Morgan fingerprint density at radius 2 is 1.78 bits per heavy atom. The van der Waals surface area contributed by atoms with E-state index >= 15 is 0 Å². The van der Waals surface area contributed by atoms with Crippen LogP contribution in [0, 0.1) is 0 Å². The van der Waals surface area contributed by atoms with Gasteiger partial charge in [-0.3, -0.25) is 4.98 Å². The summed E-state index contributed by atoms with van der Waals surface area (Å²) in [6.07, 6.45) is -0.858. The molecular formula is C25H22F3N3O. The second kappa shape index (κ2) is 9.36. The van der Waals surface area contributed by atoms with Crippen LogP contribution < -0.4 is 10.1 Å². The van der Waals surface area contributed by atoms with Crippen molar-refractivity contribution in [1.29, 1.82) is 0 Å². The molecule has 0 saturated carbocycles. The molecule has 0 saturated heterocycles. The highest BCUT2D eigenvalue weighted by atomic mass is 19.4. The van der Waals surface area contributed by atoms with Crippen molar-refractivity contribution < 1.29 is 17.9 Å². The van der Waals surface area contributed by atoms with Gasteiger partial charge in [0, 0.05) is 42.5 Å². The van der Waals surface area contributed by atoms with Gasteiger partial charge < -0.3 is 10.1 Å². The fourth-order valence-electron chi connectivity index (χ4n) is 3.49. The lowest BCUT2D eigenvalue weighted by Crippen LogP contribution is -2.14. The lowest BCUT2D eigenvalue weighted by atomic mass is 10.0. The molecule has 32 heavy (non-hydrogen) atoms. The van der Waals surface area contributed by atoms with E-state index < -0.39 is 11.7 Å². The van der Waals surface area contributed by atoms with Crippen LogP contribution in [0.4, 0.5) is 13.2 Å². The van der Waals surface area contributed by atoms with Crippen LogP contribution in [0.25, 0.3) is 22.2 Å². The zero-order valence-corrected chi connectivity index (χ0v) is 17.5. The van der Waals surface area contributed by atoms with Gasteiger partial charge in [0.25, 0.3) is 0 Å². The van der Waals surface area contributed by atoms with Crippen LogP contribution in [0.15, 0.2) is 73.1 Å². The van der Waals surface area contributed by atoms with Crippen molar-refractivity contribution in [3.8, 4) is 17.0 Å². The minimum Gasteiger partial charge on any atom is -0.494 e. The first-order chi connectivity index (χ1) is 15.4. The number of rotatable bonds is 7. The normalized spacial score (nSPS) is 11.6. The Bertz CT molecular complexity index is 1190. The standard InChI is InChI=1S/C25H22F3N3O/c1-2-32-22-10-7-18-12-20(24(31-23(18)13-22)19-4-3-11-29-15-19)16-30-14-17-5-8-21(9-6-17)25(26,27)28/h3-13,15,30H,2,14,16H2,1H3. The van der Waals surface area contributed by atoms with E-state index in [9.17, 15) is 13.2 Å². The van der Waals surface area contributed by atoms with Gasteiger partial charge in [0.2, 0.25) is 0 Å². The third-order valence-corrected chi connectivity index (χ3v) is 5.04. The third-order valence-electron chi connectivity index (χ3n) is 5.04. The molecule has 4 rings (SSSR count). The SMILES string of the molecule is CCOc1ccc2cc(CNCc3ccc(C(F)(F)F)cc3)c(-c3cccnc3)nc2c1. The summed E-state index contributed by atoms with van der Waals surface area (Å²) >= 11 is 0. The molecule has 0 aliphatic rings. The van der Waals surface area contributed by atoms with Gasteiger partial charge in [-0.2, -0.15) is 13.2 Å². The molecule has 0 fully saturated rings. The zero-order valence-electron chi connectivity index (χ0n) is 17.5. The molecule has 0 unspecified atom stereocenters. The molecule has 2 aromatic carbocycles. The molecule has 2 heterocycles. The lowest BCUT2D eigenvalue weighted by Gasteiger charge is -2.13. The summed E-state index contributed by atoms with van der Waals surface area (Å²) in [7, 11) is 0. The summed E-state index contributed by atoms with van der Waals surface area (Å²) < 4.78 is 43.9. The predicted molar refractivity (Wildman–Crippen MR) is 118 cm³/mol. The van der Waals surface area contributed by atoms with Crippen molar-refractivity contribution >= 4 is 10.9 Å². The van der Waals surface area contributed by atoms with Crippen molar-refractivity contribution in [1.82, 2.24) is 15.3 Å². The minimum absolute atomic E-state index is 0.436. The number of halogens is 3. The van der Waals surface area contributed by atoms with Gasteiger partial charge in [0.05, 0.1) is 23.4 Å². The summed E-state index contributed by atoms with van der Waals surface area (Å²) in [4.78, 5) is 9.08. The van der Waals surface area contributed by atoms with Gasteiger partial charge in [0.15, 0.2) is 0 Å². The van der Waals surface area contributed by atoms with Crippen molar-refractivity contribution in [3.05, 3.63) is 89.7 Å². The summed E-state index contributed by atoms with van der Waals surface area (Å²) in [6, 6.07) is 16.9. The van der Waals surface area contributed by atoms with E-state index in [0.717, 1.165) is 51.2 Å². The number of alkyl halides is 3. The Morgan fingerprint density at radius 1 is 0.969 bits per heavy atom. The molecule has 0 amide bonds. The van der Waals surface area contributed by atoms with E-state index in [4.69, 9.17) is 9.72 Å². The second-order valence-corrected chi connectivity index (χ2v) is 7.32. The molecule has 2 aromatic heterocycles. The van der Waals surface area contributed by atoms with E-state index in [1.807, 2.05) is 37.3 Å². The van der Waals surface area contributed by atoms with E-state index in [-0.39, 0.29) is 0 Å². The Hall–Kier alpha value is -3.45. The quantitative estimate of drug-likeness (QED) is 0.385. The van der Waals surface area contributed by atoms with Crippen LogP contribution in [0.2, 0.25) is 0 Å². The molecular weight excluding hydrogens is 415 g/mol. The molecule has 0 atom stereocenters. The van der Waals surface area contributed by atoms with Crippen LogP contribution in [0.1, 0.15) is 23.6 Å². The maximum atomic E-state index is 12.8. The number of nitrogens with one attached hydrogen (secondary N) is 1. The van der Waals surface area contributed by atoms with E-state index in [0.29, 0.717) is 19.7 Å². The molecule has 7 heteroatoms. The van der Waals surface area contributed by atoms with Gasteiger partial charge in [0.1, 0.15) is 5.75 Å². The lowest BCUT2D eigenvalue weighted by molar-refractivity contribution is -0.137. The first-order valence-electron chi connectivity index (χ1n) is 10.3. The van der Waals surface area contributed by atoms with Crippen LogP contribution in [-0.2, 0) is 19.3 Å². The Labute approximate surface area is 184 Å². The first kappa shape index (κ1) is 21.8. The summed E-state index contributed by atoms with van der Waals surface area (Å²) in [5.41, 5.74) is 3.62. The minimum atomic E-state index is -4.33. The van der Waals surface area contributed by atoms with Crippen molar-refractivity contribution in [3.63, 3.8) is 0 Å². The third kappa shape index (κ3) is 5.06. The summed E-state index contributed by atoms with van der Waals surface area (Å²) in [5, 5.41) is 4.30. The van der Waals surface area contributed by atoms with Crippen LogP contribution in [-0.4, -0.2) is 16.6 Å². The van der Waals surface area contributed by atoms with Crippen molar-refractivity contribution in [2.45, 2.75) is 26.2 Å². The number of ether oxygens (including phenoxy) is 1. The Morgan fingerprint density at radius 3 is 2.47 bits per heavy atom. The fourth-order valence-corrected chi connectivity index (χ4v) is 3.49. The number of hydrogen-bond donors (Lipinski definition) is 1. The average Bonchev–Trinajstić information content (AvgIpc) is 2.79. The molecule has 0 aliphatic heterocycles. The van der Waals surface area contributed by atoms with E-state index in [2.05, 4.69) is 16.4 Å². The molecule has 0 aliphatic carbocycles. The maximum absolute atomic E-state index is 12.8. The fraction of sp³-hybridized carbons (Fsp3) is 0.200. The van der Waals surface area contributed by atoms with Gasteiger partial charge in [-0.25, -0.2) is 4.98 Å². The smallest absolute Gasteiger partial charge is 0.416 e. The van der Waals surface area contributed by atoms with Gasteiger partial charge >= 0.3 is 6.18 Å². The molecule has 0 bridgehead atoms. The van der Waals surface area contributed by atoms with E-state index in [1.165, 1.54) is 12.1 Å². The zero-order chi connectivity index (χ0) is 22.6. The van der Waals surface area contributed by atoms with Crippen molar-refractivity contribution in [2.75, 3.05) is 6.61 Å². The Balaban J connectivity index is 1.58. The average molecular weight is 437 g/mol.